The maximum Gasteiger partial charge on any atom is 0.191 e. The van der Waals surface area contributed by atoms with Gasteiger partial charge in [0.2, 0.25) is 0 Å². The summed E-state index contributed by atoms with van der Waals surface area (Å²) in [5.74, 6) is 1.65. The van der Waals surface area contributed by atoms with Gasteiger partial charge in [-0.1, -0.05) is 24.3 Å². The Kier molecular flexibility index (Phi) is 14.3. The van der Waals surface area contributed by atoms with Crippen molar-refractivity contribution in [1.29, 1.82) is 0 Å². The zero-order valence-electron chi connectivity index (χ0n) is 17.2. The van der Waals surface area contributed by atoms with E-state index in [1.807, 2.05) is 6.92 Å². The van der Waals surface area contributed by atoms with Crippen LogP contribution in [0.3, 0.4) is 0 Å². The van der Waals surface area contributed by atoms with Crippen LogP contribution in [0, 0.1) is 5.92 Å². The summed E-state index contributed by atoms with van der Waals surface area (Å²) in [6.45, 7) is 7.92. The standard InChI is InChI=1S/C21H35N3O3.HI/c1-3-25-12-13-27-17-20-7-4-6-19(14-20)15-24-21(22-2)23-10-5-11-26-16-18-8-9-18;/h4,6-7,14,18H,3,5,8-13,15-17H2,1-2H3,(H2,22,23,24);1H. The van der Waals surface area contributed by atoms with Gasteiger partial charge in [-0.15, -0.1) is 24.0 Å². The zero-order valence-corrected chi connectivity index (χ0v) is 19.6. The van der Waals surface area contributed by atoms with Crippen molar-refractivity contribution in [1.82, 2.24) is 10.6 Å². The Labute approximate surface area is 186 Å². The summed E-state index contributed by atoms with van der Waals surface area (Å²) in [6, 6.07) is 8.41. The lowest BCUT2D eigenvalue weighted by Gasteiger charge is -2.13. The van der Waals surface area contributed by atoms with E-state index in [1.165, 1.54) is 24.0 Å². The van der Waals surface area contributed by atoms with Crippen molar-refractivity contribution in [2.75, 3.05) is 46.6 Å². The summed E-state index contributed by atoms with van der Waals surface area (Å²) < 4.78 is 16.6. The maximum atomic E-state index is 5.65. The SMILES string of the molecule is CCOCCOCc1cccc(CNC(=NC)NCCCOCC2CC2)c1.I. The molecule has 1 aliphatic carbocycles. The van der Waals surface area contributed by atoms with E-state index in [0.29, 0.717) is 19.8 Å². The number of nitrogens with one attached hydrogen (secondary N) is 2. The Hall–Kier alpha value is -0.900. The van der Waals surface area contributed by atoms with Crippen LogP contribution >= 0.6 is 24.0 Å². The van der Waals surface area contributed by atoms with E-state index >= 15 is 0 Å². The third-order valence-electron chi connectivity index (χ3n) is 4.33. The first kappa shape index (κ1) is 25.1. The summed E-state index contributed by atoms with van der Waals surface area (Å²) in [5.41, 5.74) is 2.37. The summed E-state index contributed by atoms with van der Waals surface area (Å²) in [5, 5.41) is 6.69. The molecule has 0 amide bonds. The lowest BCUT2D eigenvalue weighted by Crippen LogP contribution is -2.37. The van der Waals surface area contributed by atoms with Gasteiger partial charge in [-0.2, -0.15) is 0 Å². The number of nitrogens with zero attached hydrogens (tertiary/aromatic N) is 1. The van der Waals surface area contributed by atoms with Crippen molar-refractivity contribution in [3.8, 4) is 0 Å². The van der Waals surface area contributed by atoms with E-state index in [2.05, 4.69) is 39.9 Å². The van der Waals surface area contributed by atoms with Gasteiger partial charge in [0.1, 0.15) is 0 Å². The number of guanidine groups is 1. The van der Waals surface area contributed by atoms with Gasteiger partial charge in [-0.3, -0.25) is 4.99 Å². The number of hydrogen-bond donors (Lipinski definition) is 2. The average Bonchev–Trinajstić information content (AvgIpc) is 3.51. The minimum Gasteiger partial charge on any atom is -0.381 e. The molecule has 0 aliphatic heterocycles. The predicted octanol–water partition coefficient (Wildman–Crippen LogP) is 3.34. The molecule has 7 heteroatoms. The first-order chi connectivity index (χ1) is 13.3. The van der Waals surface area contributed by atoms with E-state index in [4.69, 9.17) is 14.2 Å². The molecule has 0 spiro atoms. The highest BCUT2D eigenvalue weighted by Gasteiger charge is 2.20. The average molecular weight is 505 g/mol. The Balaban J connectivity index is 0.00000392. The molecule has 2 rings (SSSR count). The molecule has 0 heterocycles. The van der Waals surface area contributed by atoms with Crippen molar-refractivity contribution in [2.45, 2.75) is 39.3 Å². The van der Waals surface area contributed by atoms with Gasteiger partial charge in [0.25, 0.3) is 0 Å². The van der Waals surface area contributed by atoms with Gasteiger partial charge in [-0.25, -0.2) is 0 Å². The number of halogens is 1. The summed E-state index contributed by atoms with van der Waals surface area (Å²) >= 11 is 0. The number of ether oxygens (including phenoxy) is 3. The predicted molar refractivity (Wildman–Crippen MR) is 124 cm³/mol. The second-order valence-electron chi connectivity index (χ2n) is 6.79. The van der Waals surface area contributed by atoms with Crippen LogP contribution < -0.4 is 10.6 Å². The van der Waals surface area contributed by atoms with Crippen LogP contribution in [0.2, 0.25) is 0 Å². The van der Waals surface area contributed by atoms with Crippen molar-refractivity contribution in [2.24, 2.45) is 10.9 Å². The molecule has 1 aromatic rings. The van der Waals surface area contributed by atoms with E-state index in [0.717, 1.165) is 51.2 Å². The second kappa shape index (κ2) is 16.0. The Morgan fingerprint density at radius 2 is 1.86 bits per heavy atom. The van der Waals surface area contributed by atoms with E-state index in [1.54, 1.807) is 7.05 Å². The van der Waals surface area contributed by atoms with E-state index < -0.39 is 0 Å². The fraction of sp³-hybridized carbons (Fsp3) is 0.667. The van der Waals surface area contributed by atoms with Gasteiger partial charge in [0.15, 0.2) is 5.96 Å². The molecule has 0 bridgehead atoms. The molecular formula is C21H36IN3O3. The molecule has 1 fully saturated rings. The molecule has 160 valence electrons. The van der Waals surface area contributed by atoms with Gasteiger partial charge in [-0.05, 0) is 43.2 Å². The van der Waals surface area contributed by atoms with Crippen LogP contribution in [0.25, 0.3) is 0 Å². The fourth-order valence-corrected chi connectivity index (χ4v) is 2.60. The minimum atomic E-state index is 0. The second-order valence-corrected chi connectivity index (χ2v) is 6.79. The quantitative estimate of drug-likeness (QED) is 0.176. The summed E-state index contributed by atoms with van der Waals surface area (Å²) in [6.07, 6.45) is 3.67. The minimum absolute atomic E-state index is 0. The third kappa shape index (κ3) is 11.8. The monoisotopic (exact) mass is 505 g/mol. The van der Waals surface area contributed by atoms with Crippen molar-refractivity contribution >= 4 is 29.9 Å². The highest BCUT2D eigenvalue weighted by atomic mass is 127. The Morgan fingerprint density at radius 1 is 1.07 bits per heavy atom. The highest BCUT2D eigenvalue weighted by Crippen LogP contribution is 2.28. The molecular weight excluding hydrogens is 469 g/mol. The van der Waals surface area contributed by atoms with E-state index in [9.17, 15) is 0 Å². The molecule has 6 nitrogen and oxygen atoms in total. The Bertz CT molecular complexity index is 553. The van der Waals surface area contributed by atoms with Gasteiger partial charge >= 0.3 is 0 Å². The first-order valence-corrected chi connectivity index (χ1v) is 10.1. The highest BCUT2D eigenvalue weighted by molar-refractivity contribution is 14.0. The summed E-state index contributed by atoms with van der Waals surface area (Å²) in [7, 11) is 1.79. The molecule has 0 atom stereocenters. The van der Waals surface area contributed by atoms with Crippen LogP contribution in [-0.2, 0) is 27.4 Å². The third-order valence-corrected chi connectivity index (χ3v) is 4.33. The smallest absolute Gasteiger partial charge is 0.191 e. The summed E-state index contributed by atoms with van der Waals surface area (Å²) in [4.78, 5) is 4.27. The van der Waals surface area contributed by atoms with Gasteiger partial charge in [0.05, 0.1) is 19.8 Å². The molecule has 0 unspecified atom stereocenters. The van der Waals surface area contributed by atoms with Crippen LogP contribution in [0.1, 0.15) is 37.3 Å². The van der Waals surface area contributed by atoms with Gasteiger partial charge < -0.3 is 24.8 Å². The first-order valence-electron chi connectivity index (χ1n) is 10.1. The molecule has 2 N–H and O–H groups in total. The molecule has 1 saturated carbocycles. The molecule has 0 aromatic heterocycles. The maximum absolute atomic E-state index is 5.65. The van der Waals surface area contributed by atoms with Gasteiger partial charge in [0, 0.05) is 40.0 Å². The lowest BCUT2D eigenvalue weighted by molar-refractivity contribution is 0.0453. The molecule has 28 heavy (non-hydrogen) atoms. The van der Waals surface area contributed by atoms with Crippen LogP contribution in [-0.4, -0.2) is 52.6 Å². The van der Waals surface area contributed by atoms with E-state index in [-0.39, 0.29) is 24.0 Å². The number of hydrogen-bond acceptors (Lipinski definition) is 4. The molecule has 0 saturated heterocycles. The lowest BCUT2D eigenvalue weighted by atomic mass is 10.1. The van der Waals surface area contributed by atoms with Crippen molar-refractivity contribution < 1.29 is 14.2 Å². The van der Waals surface area contributed by atoms with Crippen molar-refractivity contribution in [3.05, 3.63) is 35.4 Å². The molecule has 1 aromatic carbocycles. The molecule has 0 radical (unpaired) electrons. The normalized spacial score (nSPS) is 13.9. The van der Waals surface area contributed by atoms with Crippen molar-refractivity contribution in [3.63, 3.8) is 0 Å². The fourth-order valence-electron chi connectivity index (χ4n) is 2.60. The zero-order chi connectivity index (χ0) is 19.2. The number of aliphatic imine (C=N–C) groups is 1. The van der Waals surface area contributed by atoms with Crippen LogP contribution in [0.4, 0.5) is 0 Å². The van der Waals surface area contributed by atoms with Crippen LogP contribution in [0.5, 0.6) is 0 Å². The largest absolute Gasteiger partial charge is 0.381 e. The number of rotatable bonds is 14. The number of benzene rings is 1. The molecule has 1 aliphatic rings. The Morgan fingerprint density at radius 3 is 2.61 bits per heavy atom. The topological polar surface area (TPSA) is 64.1 Å². The van der Waals surface area contributed by atoms with Crippen LogP contribution in [0.15, 0.2) is 29.3 Å².